The molecule has 0 spiro atoms. The summed E-state index contributed by atoms with van der Waals surface area (Å²) in [5.41, 5.74) is -0.902. The molecule has 0 saturated heterocycles. The van der Waals surface area contributed by atoms with Crippen molar-refractivity contribution in [1.29, 1.82) is 0 Å². The van der Waals surface area contributed by atoms with Crippen LogP contribution < -0.4 is 0 Å². The van der Waals surface area contributed by atoms with Gasteiger partial charge in [-0.3, -0.25) is 4.79 Å². The molecule has 0 unspecified atom stereocenters. The second-order valence-corrected chi connectivity index (χ2v) is 5.55. The summed E-state index contributed by atoms with van der Waals surface area (Å²) in [4.78, 5) is 22.9. The fourth-order valence-electron chi connectivity index (χ4n) is 2.76. The third-order valence-corrected chi connectivity index (χ3v) is 3.97. The lowest BCUT2D eigenvalue weighted by atomic mass is 9.77. The van der Waals surface area contributed by atoms with Crippen LogP contribution in [0.5, 0.6) is 11.5 Å². The largest absolute Gasteiger partial charge is 0.504 e. The minimum Gasteiger partial charge on any atom is -0.504 e. The van der Waals surface area contributed by atoms with E-state index >= 15 is 0 Å². The van der Waals surface area contributed by atoms with Gasteiger partial charge in [0.25, 0.3) is 0 Å². The van der Waals surface area contributed by atoms with Crippen molar-refractivity contribution in [1.82, 2.24) is 0 Å². The molecule has 1 aromatic carbocycles. The van der Waals surface area contributed by atoms with Crippen LogP contribution in [0, 0.1) is 0 Å². The summed E-state index contributed by atoms with van der Waals surface area (Å²) in [6.45, 7) is 1.92. The van der Waals surface area contributed by atoms with Crippen LogP contribution in [-0.4, -0.2) is 33.7 Å². The summed E-state index contributed by atoms with van der Waals surface area (Å²) in [5, 5.41) is 30.8. The van der Waals surface area contributed by atoms with E-state index < -0.39 is 17.3 Å². The number of benzene rings is 1. The number of hydrogen-bond donors (Lipinski definition) is 3. The Balaban J connectivity index is 2.42. The van der Waals surface area contributed by atoms with Crippen LogP contribution in [0.1, 0.15) is 43.7 Å². The van der Waals surface area contributed by atoms with Gasteiger partial charge >= 0.3 is 5.97 Å². The van der Waals surface area contributed by atoms with E-state index in [4.69, 9.17) is 4.74 Å². The Bertz CT molecular complexity index is 637. The lowest BCUT2D eigenvalue weighted by Crippen LogP contribution is -2.32. The molecule has 0 heterocycles. The van der Waals surface area contributed by atoms with Gasteiger partial charge in [-0.1, -0.05) is 6.07 Å². The lowest BCUT2D eigenvalue weighted by Gasteiger charge is -2.33. The third kappa shape index (κ3) is 3.71. The van der Waals surface area contributed by atoms with E-state index in [1.54, 1.807) is 6.92 Å². The summed E-state index contributed by atoms with van der Waals surface area (Å²) in [6.07, 6.45) is 3.32. The van der Waals surface area contributed by atoms with Crippen LogP contribution in [0.2, 0.25) is 0 Å². The number of phenols is 2. The minimum atomic E-state index is -1.43. The molecule has 0 bridgehead atoms. The first-order valence-electron chi connectivity index (χ1n) is 7.51. The molecule has 1 aliphatic carbocycles. The van der Waals surface area contributed by atoms with Gasteiger partial charge in [0.1, 0.15) is 5.78 Å². The molecule has 0 amide bonds. The van der Waals surface area contributed by atoms with Crippen molar-refractivity contribution in [3.05, 3.63) is 29.3 Å². The molecule has 0 atom stereocenters. The van der Waals surface area contributed by atoms with Crippen molar-refractivity contribution in [2.75, 3.05) is 6.61 Å². The molecule has 6 heteroatoms. The standard InChI is InChI=1S/C17H20O6/c1-2-23-14(20)6-4-11-3-5-13(19)16(21)15(11)17(22)9-7-12(18)8-10-17/h3-6,19,21-22H,2,7-10H2,1H3/b6-4+. The third-order valence-electron chi connectivity index (χ3n) is 3.97. The lowest BCUT2D eigenvalue weighted by molar-refractivity contribution is -0.137. The molecule has 23 heavy (non-hydrogen) atoms. The summed E-state index contributed by atoms with van der Waals surface area (Å²) in [5.74, 6) is -1.29. The first-order valence-corrected chi connectivity index (χ1v) is 7.51. The fraction of sp³-hybridized carbons (Fsp3) is 0.412. The van der Waals surface area contributed by atoms with Gasteiger partial charge in [0.2, 0.25) is 0 Å². The molecular formula is C17H20O6. The van der Waals surface area contributed by atoms with E-state index in [1.165, 1.54) is 24.3 Å². The maximum Gasteiger partial charge on any atom is 0.330 e. The molecule has 0 aliphatic heterocycles. The van der Waals surface area contributed by atoms with Gasteiger partial charge in [0.05, 0.1) is 12.2 Å². The second-order valence-electron chi connectivity index (χ2n) is 5.55. The number of ether oxygens (including phenoxy) is 1. The maximum atomic E-state index is 11.5. The Morgan fingerprint density at radius 3 is 2.57 bits per heavy atom. The van der Waals surface area contributed by atoms with E-state index in [0.717, 1.165) is 0 Å². The van der Waals surface area contributed by atoms with Crippen molar-refractivity contribution < 1.29 is 29.6 Å². The highest BCUT2D eigenvalue weighted by molar-refractivity contribution is 5.88. The SMILES string of the molecule is CCOC(=O)/C=C/c1ccc(O)c(O)c1C1(O)CCC(=O)CC1. The molecule has 0 radical (unpaired) electrons. The van der Waals surface area contributed by atoms with E-state index in [2.05, 4.69) is 0 Å². The van der Waals surface area contributed by atoms with Gasteiger partial charge in [0, 0.05) is 24.5 Å². The molecule has 0 aromatic heterocycles. The Morgan fingerprint density at radius 1 is 1.30 bits per heavy atom. The van der Waals surface area contributed by atoms with Crippen molar-refractivity contribution in [3.63, 3.8) is 0 Å². The number of carbonyl (C=O) groups excluding carboxylic acids is 2. The number of hydrogen-bond acceptors (Lipinski definition) is 6. The molecule has 1 saturated carbocycles. The van der Waals surface area contributed by atoms with Crippen molar-refractivity contribution in [2.45, 2.75) is 38.2 Å². The zero-order valence-corrected chi connectivity index (χ0v) is 12.9. The Kier molecular flexibility index (Phi) is 5.05. The zero-order chi connectivity index (χ0) is 17.0. The average Bonchev–Trinajstić information content (AvgIpc) is 2.52. The summed E-state index contributed by atoms with van der Waals surface area (Å²) in [6, 6.07) is 2.77. The molecular weight excluding hydrogens is 300 g/mol. The highest BCUT2D eigenvalue weighted by Crippen LogP contribution is 2.45. The molecule has 124 valence electrons. The van der Waals surface area contributed by atoms with Crippen LogP contribution in [0.3, 0.4) is 0 Å². The normalized spacial score (nSPS) is 17.4. The molecule has 3 N–H and O–H groups in total. The Morgan fingerprint density at radius 2 is 1.96 bits per heavy atom. The molecule has 2 rings (SSSR count). The Labute approximate surface area is 134 Å². The van der Waals surface area contributed by atoms with Crippen molar-refractivity contribution in [3.8, 4) is 11.5 Å². The van der Waals surface area contributed by atoms with Gasteiger partial charge < -0.3 is 20.1 Å². The summed E-state index contributed by atoms with van der Waals surface area (Å²) in [7, 11) is 0. The quantitative estimate of drug-likeness (QED) is 0.445. The van der Waals surface area contributed by atoms with E-state index in [1.807, 2.05) is 0 Å². The number of carbonyl (C=O) groups is 2. The van der Waals surface area contributed by atoms with E-state index in [0.29, 0.717) is 5.56 Å². The number of esters is 1. The summed E-state index contributed by atoms with van der Waals surface area (Å²) < 4.78 is 4.80. The second kappa shape index (κ2) is 6.83. The van der Waals surface area contributed by atoms with Gasteiger partial charge in [-0.05, 0) is 37.5 Å². The number of Topliss-reactive ketones (excluding diaryl/α,β-unsaturated/α-hetero) is 1. The first-order chi connectivity index (χ1) is 10.9. The fourth-order valence-corrected chi connectivity index (χ4v) is 2.76. The Hall–Kier alpha value is -2.34. The zero-order valence-electron chi connectivity index (χ0n) is 12.9. The highest BCUT2D eigenvalue weighted by Gasteiger charge is 2.38. The number of aromatic hydroxyl groups is 2. The maximum absolute atomic E-state index is 11.5. The predicted octanol–water partition coefficient (Wildman–Crippen LogP) is 2.00. The molecule has 1 fully saturated rings. The van der Waals surface area contributed by atoms with E-state index in [9.17, 15) is 24.9 Å². The van der Waals surface area contributed by atoms with Crippen molar-refractivity contribution in [2.24, 2.45) is 0 Å². The van der Waals surface area contributed by atoms with E-state index in [-0.39, 0.29) is 49.4 Å². The van der Waals surface area contributed by atoms with Crippen LogP contribution in [0.25, 0.3) is 6.08 Å². The summed E-state index contributed by atoms with van der Waals surface area (Å²) >= 11 is 0. The minimum absolute atomic E-state index is 0.0536. The van der Waals surface area contributed by atoms with Crippen molar-refractivity contribution >= 4 is 17.8 Å². The number of ketones is 1. The van der Waals surface area contributed by atoms with Crippen LogP contribution in [-0.2, 0) is 19.9 Å². The highest BCUT2D eigenvalue weighted by atomic mass is 16.5. The van der Waals surface area contributed by atoms with Gasteiger partial charge in [-0.15, -0.1) is 0 Å². The van der Waals surface area contributed by atoms with Gasteiger partial charge in [0.15, 0.2) is 11.5 Å². The topological polar surface area (TPSA) is 104 Å². The first kappa shape index (κ1) is 17.0. The molecule has 6 nitrogen and oxygen atoms in total. The van der Waals surface area contributed by atoms with Gasteiger partial charge in [-0.2, -0.15) is 0 Å². The van der Waals surface area contributed by atoms with Crippen LogP contribution >= 0.6 is 0 Å². The van der Waals surface area contributed by atoms with Gasteiger partial charge in [-0.25, -0.2) is 4.79 Å². The number of phenolic OH excluding ortho intramolecular Hbond substituents is 2. The average molecular weight is 320 g/mol. The van der Waals surface area contributed by atoms with Crippen LogP contribution in [0.4, 0.5) is 0 Å². The monoisotopic (exact) mass is 320 g/mol. The molecule has 1 aromatic rings. The molecule has 1 aliphatic rings. The smallest absolute Gasteiger partial charge is 0.330 e. The van der Waals surface area contributed by atoms with Crippen LogP contribution in [0.15, 0.2) is 18.2 Å². The number of rotatable bonds is 4. The predicted molar refractivity (Wildman–Crippen MR) is 82.8 cm³/mol. The number of aliphatic hydroxyl groups is 1.